The third-order valence-electron chi connectivity index (χ3n) is 2.93. The molecule has 0 aromatic heterocycles. The summed E-state index contributed by atoms with van der Waals surface area (Å²) in [6, 6.07) is 10.7. The van der Waals surface area contributed by atoms with E-state index in [0.717, 1.165) is 11.1 Å². The highest BCUT2D eigenvalue weighted by molar-refractivity contribution is 6.31. The number of carbonyl (C=O) groups excluding carboxylic acids is 1. The van der Waals surface area contributed by atoms with Crippen molar-refractivity contribution in [3.63, 3.8) is 0 Å². The molecule has 19 heavy (non-hydrogen) atoms. The number of nitrogen functional groups attached to an aromatic ring is 1. The minimum absolute atomic E-state index is 0.195. The molecule has 0 heterocycles. The molecule has 0 unspecified atom stereocenters. The molecular weight excluding hydrogens is 260 g/mol. The first-order valence-corrected chi connectivity index (χ1v) is 6.29. The molecule has 1 amide bonds. The summed E-state index contributed by atoms with van der Waals surface area (Å²) in [5.74, 6) is -0.195. The van der Waals surface area contributed by atoms with Crippen molar-refractivity contribution in [3.05, 3.63) is 58.1 Å². The largest absolute Gasteiger partial charge is 0.398 e. The SMILES string of the molecule is Cc1cc(Cl)cc(C(=O)Nc2cccc(N)c2C)c1. The highest BCUT2D eigenvalue weighted by Gasteiger charge is 2.09. The molecule has 3 N–H and O–H groups in total. The van der Waals surface area contributed by atoms with Crippen molar-refractivity contribution in [1.82, 2.24) is 0 Å². The third kappa shape index (κ3) is 3.06. The number of halogens is 1. The zero-order valence-electron chi connectivity index (χ0n) is 10.8. The molecule has 0 spiro atoms. The number of rotatable bonds is 2. The van der Waals surface area contributed by atoms with Gasteiger partial charge in [-0.25, -0.2) is 0 Å². The second kappa shape index (κ2) is 5.33. The minimum atomic E-state index is -0.195. The maximum absolute atomic E-state index is 12.2. The number of hydrogen-bond donors (Lipinski definition) is 2. The fourth-order valence-electron chi connectivity index (χ4n) is 1.85. The van der Waals surface area contributed by atoms with Gasteiger partial charge in [-0.05, 0) is 55.3 Å². The van der Waals surface area contributed by atoms with Crippen LogP contribution in [-0.4, -0.2) is 5.91 Å². The maximum Gasteiger partial charge on any atom is 0.255 e. The molecule has 2 rings (SSSR count). The summed E-state index contributed by atoms with van der Waals surface area (Å²) >= 11 is 5.95. The van der Waals surface area contributed by atoms with Gasteiger partial charge in [-0.1, -0.05) is 17.7 Å². The number of nitrogens with one attached hydrogen (secondary N) is 1. The van der Waals surface area contributed by atoms with Crippen LogP contribution in [0.4, 0.5) is 11.4 Å². The Labute approximate surface area is 117 Å². The molecule has 0 saturated carbocycles. The van der Waals surface area contributed by atoms with Gasteiger partial charge in [0.1, 0.15) is 0 Å². The first kappa shape index (κ1) is 13.4. The van der Waals surface area contributed by atoms with Crippen LogP contribution >= 0.6 is 11.6 Å². The van der Waals surface area contributed by atoms with E-state index in [1.165, 1.54) is 0 Å². The first-order chi connectivity index (χ1) is 8.97. The fourth-order valence-corrected chi connectivity index (χ4v) is 2.14. The smallest absolute Gasteiger partial charge is 0.255 e. The Bertz CT molecular complexity index is 618. The van der Waals surface area contributed by atoms with Gasteiger partial charge in [0, 0.05) is 22.0 Å². The van der Waals surface area contributed by atoms with Gasteiger partial charge in [0.2, 0.25) is 0 Å². The van der Waals surface area contributed by atoms with Gasteiger partial charge in [0.25, 0.3) is 5.91 Å². The van der Waals surface area contributed by atoms with Gasteiger partial charge in [0.15, 0.2) is 0 Å². The van der Waals surface area contributed by atoms with Crippen molar-refractivity contribution in [2.45, 2.75) is 13.8 Å². The van der Waals surface area contributed by atoms with Crippen molar-refractivity contribution in [2.75, 3.05) is 11.1 Å². The number of amides is 1. The molecule has 0 bridgehead atoms. The number of anilines is 2. The third-order valence-corrected chi connectivity index (χ3v) is 3.15. The van der Waals surface area contributed by atoms with Crippen LogP contribution in [0.5, 0.6) is 0 Å². The van der Waals surface area contributed by atoms with Crippen LogP contribution in [0.3, 0.4) is 0 Å². The van der Waals surface area contributed by atoms with Crippen LogP contribution in [-0.2, 0) is 0 Å². The van der Waals surface area contributed by atoms with Crippen LogP contribution in [0.15, 0.2) is 36.4 Å². The lowest BCUT2D eigenvalue weighted by atomic mass is 10.1. The summed E-state index contributed by atoms with van der Waals surface area (Å²) in [7, 11) is 0. The summed E-state index contributed by atoms with van der Waals surface area (Å²) in [5, 5.41) is 3.39. The second-order valence-corrected chi connectivity index (χ2v) is 4.93. The van der Waals surface area contributed by atoms with Crippen molar-refractivity contribution in [2.24, 2.45) is 0 Å². The van der Waals surface area contributed by atoms with E-state index in [2.05, 4.69) is 5.32 Å². The average Bonchev–Trinajstić information content (AvgIpc) is 2.33. The zero-order chi connectivity index (χ0) is 14.0. The molecule has 3 nitrogen and oxygen atoms in total. The molecule has 0 fully saturated rings. The molecule has 2 aromatic rings. The molecule has 0 aliphatic rings. The van der Waals surface area contributed by atoms with E-state index in [1.807, 2.05) is 26.0 Å². The highest BCUT2D eigenvalue weighted by Crippen LogP contribution is 2.22. The van der Waals surface area contributed by atoms with Gasteiger partial charge in [0.05, 0.1) is 0 Å². The van der Waals surface area contributed by atoms with Crippen LogP contribution < -0.4 is 11.1 Å². The molecular formula is C15H15ClN2O. The number of hydrogen-bond acceptors (Lipinski definition) is 2. The van der Waals surface area contributed by atoms with Gasteiger partial charge < -0.3 is 11.1 Å². The lowest BCUT2D eigenvalue weighted by Crippen LogP contribution is -2.13. The molecule has 2 aromatic carbocycles. The van der Waals surface area contributed by atoms with Crippen LogP contribution in [0.1, 0.15) is 21.5 Å². The van der Waals surface area contributed by atoms with Crippen molar-refractivity contribution < 1.29 is 4.79 Å². The molecule has 0 aliphatic carbocycles. The van der Waals surface area contributed by atoms with Gasteiger partial charge in [-0.3, -0.25) is 4.79 Å². The highest BCUT2D eigenvalue weighted by atomic mass is 35.5. The molecule has 98 valence electrons. The van der Waals surface area contributed by atoms with E-state index < -0.39 is 0 Å². The van der Waals surface area contributed by atoms with Crippen LogP contribution in [0, 0.1) is 13.8 Å². The fraction of sp³-hybridized carbons (Fsp3) is 0.133. The van der Waals surface area contributed by atoms with Gasteiger partial charge >= 0.3 is 0 Å². The topological polar surface area (TPSA) is 55.1 Å². The van der Waals surface area contributed by atoms with Crippen molar-refractivity contribution >= 4 is 28.9 Å². The molecule has 4 heteroatoms. The lowest BCUT2D eigenvalue weighted by molar-refractivity contribution is 0.102. The monoisotopic (exact) mass is 274 g/mol. The van der Waals surface area contributed by atoms with E-state index in [4.69, 9.17) is 17.3 Å². The standard InChI is InChI=1S/C15H15ClN2O/c1-9-6-11(8-12(16)7-9)15(19)18-14-5-3-4-13(17)10(14)2/h3-8H,17H2,1-2H3,(H,18,19). The van der Waals surface area contributed by atoms with E-state index in [-0.39, 0.29) is 5.91 Å². The van der Waals surface area contributed by atoms with E-state index in [0.29, 0.717) is 22.0 Å². The lowest BCUT2D eigenvalue weighted by Gasteiger charge is -2.10. The number of benzene rings is 2. The summed E-state index contributed by atoms with van der Waals surface area (Å²) in [4.78, 5) is 12.2. The summed E-state index contributed by atoms with van der Waals surface area (Å²) < 4.78 is 0. The van der Waals surface area contributed by atoms with Crippen molar-refractivity contribution in [1.29, 1.82) is 0 Å². The predicted molar refractivity (Wildman–Crippen MR) is 79.7 cm³/mol. The second-order valence-electron chi connectivity index (χ2n) is 4.49. The Morgan fingerprint density at radius 2 is 1.95 bits per heavy atom. The average molecular weight is 275 g/mol. The number of carbonyl (C=O) groups is 1. The molecule has 0 atom stereocenters. The Hall–Kier alpha value is -2.00. The van der Waals surface area contributed by atoms with Crippen LogP contribution in [0.25, 0.3) is 0 Å². The van der Waals surface area contributed by atoms with Crippen LogP contribution in [0.2, 0.25) is 5.02 Å². The van der Waals surface area contributed by atoms with E-state index in [9.17, 15) is 4.79 Å². The normalized spacial score (nSPS) is 10.3. The van der Waals surface area contributed by atoms with E-state index >= 15 is 0 Å². The predicted octanol–water partition coefficient (Wildman–Crippen LogP) is 3.79. The minimum Gasteiger partial charge on any atom is -0.398 e. The Morgan fingerprint density at radius 1 is 1.21 bits per heavy atom. The molecule has 0 radical (unpaired) electrons. The number of nitrogens with two attached hydrogens (primary N) is 1. The first-order valence-electron chi connectivity index (χ1n) is 5.91. The quantitative estimate of drug-likeness (QED) is 0.819. The molecule has 0 aliphatic heterocycles. The van der Waals surface area contributed by atoms with E-state index in [1.54, 1.807) is 24.3 Å². The maximum atomic E-state index is 12.2. The zero-order valence-corrected chi connectivity index (χ0v) is 11.6. The summed E-state index contributed by atoms with van der Waals surface area (Å²) in [6.45, 7) is 3.77. The van der Waals surface area contributed by atoms with Crippen molar-refractivity contribution in [3.8, 4) is 0 Å². The molecule has 0 saturated heterocycles. The Balaban J connectivity index is 2.28. The van der Waals surface area contributed by atoms with Gasteiger partial charge in [-0.2, -0.15) is 0 Å². The Kier molecular flexibility index (Phi) is 3.76. The van der Waals surface area contributed by atoms with Gasteiger partial charge in [-0.15, -0.1) is 0 Å². The summed E-state index contributed by atoms with van der Waals surface area (Å²) in [6.07, 6.45) is 0. The Morgan fingerprint density at radius 3 is 2.63 bits per heavy atom. The number of aryl methyl sites for hydroxylation is 1. The summed E-state index contributed by atoms with van der Waals surface area (Å²) in [5.41, 5.74) is 9.51.